The zero-order chi connectivity index (χ0) is 24.1. The van der Waals surface area contributed by atoms with E-state index in [1.165, 1.54) is 24.3 Å². The van der Waals surface area contributed by atoms with E-state index in [-0.39, 0.29) is 22.8 Å². The fraction of sp³-hybridized carbons (Fsp3) is 0.125. The van der Waals surface area contributed by atoms with Crippen LogP contribution in [0.2, 0.25) is 0 Å². The van der Waals surface area contributed by atoms with Crippen LogP contribution in [0, 0.1) is 12.7 Å². The van der Waals surface area contributed by atoms with E-state index in [1.54, 1.807) is 28.8 Å². The summed E-state index contributed by atoms with van der Waals surface area (Å²) in [6.45, 7) is -1.07. The maximum atomic E-state index is 14.5. The normalized spacial score (nSPS) is 11.0. The topological polar surface area (TPSA) is 69.0 Å². The van der Waals surface area contributed by atoms with Gasteiger partial charge in [0, 0.05) is 5.69 Å². The van der Waals surface area contributed by atoms with Gasteiger partial charge in [-0.25, -0.2) is 4.39 Å². The summed E-state index contributed by atoms with van der Waals surface area (Å²) in [6, 6.07) is 19.7. The molecule has 1 N–H and O–H groups in total. The molecule has 0 aliphatic carbocycles. The first kappa shape index (κ1) is 23.4. The lowest BCUT2D eigenvalue weighted by molar-refractivity contribution is -0.113. The van der Waals surface area contributed by atoms with Crippen LogP contribution >= 0.6 is 11.8 Å². The number of ether oxygens (including phenoxy) is 1. The van der Waals surface area contributed by atoms with Crippen LogP contribution < -0.4 is 10.1 Å². The van der Waals surface area contributed by atoms with Crippen molar-refractivity contribution in [2.45, 2.75) is 18.7 Å². The zero-order valence-electron chi connectivity index (χ0n) is 17.9. The molecule has 0 aliphatic rings. The minimum atomic E-state index is -3.02. The van der Waals surface area contributed by atoms with E-state index in [0.29, 0.717) is 16.7 Å². The first-order valence-electron chi connectivity index (χ1n) is 10.2. The number of alkyl halides is 2. The van der Waals surface area contributed by atoms with E-state index in [0.717, 1.165) is 17.3 Å². The van der Waals surface area contributed by atoms with Crippen molar-refractivity contribution >= 4 is 23.4 Å². The standard InChI is InChI=1S/C24H19F3N4O2S/c1-15-10-12-16(13-11-15)31-22(17-6-2-3-7-18(17)25)29-30-24(31)34-14-21(32)28-19-8-4-5-9-20(19)33-23(26)27/h2-13,23H,14H2,1H3,(H,28,32). The van der Waals surface area contributed by atoms with Crippen molar-refractivity contribution in [3.8, 4) is 22.8 Å². The molecule has 0 spiro atoms. The quantitative estimate of drug-likeness (QED) is 0.324. The maximum absolute atomic E-state index is 14.5. The van der Waals surface area contributed by atoms with Crippen LogP contribution in [0.5, 0.6) is 5.75 Å². The summed E-state index contributed by atoms with van der Waals surface area (Å²) in [7, 11) is 0. The number of nitrogens with one attached hydrogen (secondary N) is 1. The van der Waals surface area contributed by atoms with E-state index in [4.69, 9.17) is 0 Å². The van der Waals surface area contributed by atoms with Crippen molar-refractivity contribution < 1.29 is 22.7 Å². The highest BCUT2D eigenvalue weighted by atomic mass is 32.2. The molecule has 4 rings (SSSR count). The van der Waals surface area contributed by atoms with Crippen molar-refractivity contribution in [3.63, 3.8) is 0 Å². The minimum Gasteiger partial charge on any atom is -0.433 e. The SMILES string of the molecule is Cc1ccc(-n2c(SCC(=O)Nc3ccccc3OC(F)F)nnc2-c2ccccc2F)cc1. The number of aryl methyl sites for hydroxylation is 1. The Labute approximate surface area is 197 Å². The molecule has 1 amide bonds. The van der Waals surface area contributed by atoms with E-state index in [9.17, 15) is 18.0 Å². The third kappa shape index (κ3) is 5.40. The van der Waals surface area contributed by atoms with Crippen LogP contribution in [-0.2, 0) is 4.79 Å². The summed E-state index contributed by atoms with van der Waals surface area (Å²) in [4.78, 5) is 12.6. The average molecular weight is 485 g/mol. The number of carbonyl (C=O) groups excluding carboxylic acids is 1. The smallest absolute Gasteiger partial charge is 0.387 e. The van der Waals surface area contributed by atoms with Gasteiger partial charge in [-0.1, -0.05) is 53.7 Å². The minimum absolute atomic E-state index is 0.0930. The van der Waals surface area contributed by atoms with Crippen LogP contribution in [0.4, 0.5) is 18.9 Å². The molecular weight excluding hydrogens is 465 g/mol. The number of carbonyl (C=O) groups is 1. The third-order valence-electron chi connectivity index (χ3n) is 4.75. The van der Waals surface area contributed by atoms with Crippen molar-refractivity contribution in [2.75, 3.05) is 11.1 Å². The molecule has 0 saturated carbocycles. The molecule has 4 aromatic rings. The first-order chi connectivity index (χ1) is 16.4. The summed E-state index contributed by atoms with van der Waals surface area (Å²) in [5, 5.41) is 11.3. The van der Waals surface area contributed by atoms with Crippen molar-refractivity contribution in [2.24, 2.45) is 0 Å². The summed E-state index contributed by atoms with van der Waals surface area (Å²) in [5.41, 5.74) is 2.14. The van der Waals surface area contributed by atoms with Crippen LogP contribution in [0.1, 0.15) is 5.56 Å². The monoisotopic (exact) mass is 484 g/mol. The Balaban J connectivity index is 1.59. The van der Waals surface area contributed by atoms with Crippen LogP contribution in [-0.4, -0.2) is 33.0 Å². The van der Waals surface area contributed by atoms with Crippen LogP contribution in [0.3, 0.4) is 0 Å². The van der Waals surface area contributed by atoms with Gasteiger partial charge >= 0.3 is 6.61 Å². The van der Waals surface area contributed by atoms with Gasteiger partial charge < -0.3 is 10.1 Å². The van der Waals surface area contributed by atoms with Crippen molar-refractivity contribution in [3.05, 3.63) is 84.2 Å². The largest absolute Gasteiger partial charge is 0.433 e. The van der Waals surface area contributed by atoms with Gasteiger partial charge in [-0.2, -0.15) is 8.78 Å². The Kier molecular flexibility index (Phi) is 7.17. The number of benzene rings is 3. The summed E-state index contributed by atoms with van der Waals surface area (Å²) in [5.74, 6) is -0.847. The molecule has 0 radical (unpaired) electrons. The molecule has 174 valence electrons. The second-order valence-electron chi connectivity index (χ2n) is 7.17. The molecule has 0 fully saturated rings. The Morgan fingerprint density at radius 2 is 1.74 bits per heavy atom. The number of nitrogens with zero attached hydrogens (tertiary/aromatic N) is 3. The second-order valence-corrected chi connectivity index (χ2v) is 8.11. The Hall–Kier alpha value is -3.79. The molecule has 1 aromatic heterocycles. The molecule has 3 aromatic carbocycles. The lowest BCUT2D eigenvalue weighted by Crippen LogP contribution is -2.16. The fourth-order valence-electron chi connectivity index (χ4n) is 3.19. The Bertz CT molecular complexity index is 1300. The van der Waals surface area contributed by atoms with Gasteiger partial charge in [0.05, 0.1) is 17.0 Å². The van der Waals surface area contributed by atoms with E-state index in [2.05, 4.69) is 20.3 Å². The van der Waals surface area contributed by atoms with E-state index >= 15 is 0 Å². The van der Waals surface area contributed by atoms with Gasteiger partial charge in [0.2, 0.25) is 5.91 Å². The number of anilines is 1. The highest BCUT2D eigenvalue weighted by Gasteiger charge is 2.20. The first-order valence-corrected chi connectivity index (χ1v) is 11.1. The Morgan fingerprint density at radius 3 is 2.47 bits per heavy atom. The number of aromatic nitrogens is 3. The molecule has 0 unspecified atom stereocenters. The predicted molar refractivity (Wildman–Crippen MR) is 124 cm³/mol. The number of hydrogen-bond acceptors (Lipinski definition) is 5. The molecule has 0 bridgehead atoms. The lowest BCUT2D eigenvalue weighted by Gasteiger charge is -2.12. The summed E-state index contributed by atoms with van der Waals surface area (Å²) >= 11 is 1.08. The molecule has 0 atom stereocenters. The molecule has 1 heterocycles. The number of amides is 1. The highest BCUT2D eigenvalue weighted by Crippen LogP contribution is 2.30. The number of para-hydroxylation sites is 2. The molecule has 0 aliphatic heterocycles. The van der Waals surface area contributed by atoms with Gasteiger partial charge in [0.15, 0.2) is 11.0 Å². The van der Waals surface area contributed by atoms with Crippen LogP contribution in [0.15, 0.2) is 78.0 Å². The number of rotatable bonds is 8. The van der Waals surface area contributed by atoms with Gasteiger partial charge in [-0.15, -0.1) is 10.2 Å². The number of hydrogen-bond donors (Lipinski definition) is 1. The van der Waals surface area contributed by atoms with E-state index < -0.39 is 18.3 Å². The second kappa shape index (κ2) is 10.4. The Morgan fingerprint density at radius 1 is 1.03 bits per heavy atom. The number of thioether (sulfide) groups is 1. The lowest BCUT2D eigenvalue weighted by atomic mass is 10.2. The van der Waals surface area contributed by atoms with Crippen LogP contribution in [0.25, 0.3) is 17.1 Å². The highest BCUT2D eigenvalue weighted by molar-refractivity contribution is 7.99. The van der Waals surface area contributed by atoms with Crippen molar-refractivity contribution in [1.29, 1.82) is 0 Å². The van der Waals surface area contributed by atoms with Gasteiger partial charge in [0.25, 0.3) is 0 Å². The van der Waals surface area contributed by atoms with Gasteiger partial charge in [0.1, 0.15) is 11.6 Å². The number of halogens is 3. The molecule has 0 saturated heterocycles. The maximum Gasteiger partial charge on any atom is 0.387 e. The predicted octanol–water partition coefficient (Wildman–Crippen LogP) is 5.71. The zero-order valence-corrected chi connectivity index (χ0v) is 18.7. The summed E-state index contributed by atoms with van der Waals surface area (Å²) in [6.07, 6.45) is 0. The molecule has 34 heavy (non-hydrogen) atoms. The average Bonchev–Trinajstić information content (AvgIpc) is 3.23. The molecular formula is C24H19F3N4O2S. The van der Waals surface area contributed by atoms with Gasteiger partial charge in [-0.3, -0.25) is 9.36 Å². The van der Waals surface area contributed by atoms with E-state index in [1.807, 2.05) is 31.2 Å². The van der Waals surface area contributed by atoms with Gasteiger partial charge in [-0.05, 0) is 43.3 Å². The van der Waals surface area contributed by atoms with Crippen molar-refractivity contribution in [1.82, 2.24) is 14.8 Å². The summed E-state index contributed by atoms with van der Waals surface area (Å²) < 4.78 is 45.9. The molecule has 10 heteroatoms. The fourth-order valence-corrected chi connectivity index (χ4v) is 3.94. The molecule has 6 nitrogen and oxygen atoms in total. The third-order valence-corrected chi connectivity index (χ3v) is 5.68.